The van der Waals surface area contributed by atoms with Crippen LogP contribution in [0.15, 0.2) is 59.4 Å². The Morgan fingerprint density at radius 2 is 1.83 bits per heavy atom. The second kappa shape index (κ2) is 5.48. The molecule has 2 aromatic heterocycles. The highest BCUT2D eigenvalue weighted by molar-refractivity contribution is 7.16. The zero-order valence-electron chi connectivity index (χ0n) is 12.3. The zero-order valence-corrected chi connectivity index (χ0v) is 13.2. The summed E-state index contributed by atoms with van der Waals surface area (Å²) in [6.45, 7) is 1.91. The van der Waals surface area contributed by atoms with Crippen molar-refractivity contribution < 1.29 is 4.74 Å². The average Bonchev–Trinajstić information content (AvgIpc) is 3.00. The molecule has 2 heterocycles. The molecule has 0 fully saturated rings. The predicted octanol–water partition coefficient (Wildman–Crippen LogP) is 3.44. The van der Waals surface area contributed by atoms with Gasteiger partial charge in [0.1, 0.15) is 11.9 Å². The van der Waals surface area contributed by atoms with E-state index in [1.165, 1.54) is 15.9 Å². The summed E-state index contributed by atoms with van der Waals surface area (Å²) in [4.78, 5) is 17.6. The van der Waals surface area contributed by atoms with Gasteiger partial charge >= 0.3 is 0 Å². The van der Waals surface area contributed by atoms with Gasteiger partial charge in [0.15, 0.2) is 5.01 Å². The van der Waals surface area contributed by atoms with Gasteiger partial charge in [-0.15, -0.1) is 0 Å². The Labute approximate surface area is 135 Å². The van der Waals surface area contributed by atoms with Crippen LogP contribution < -0.4 is 10.3 Å². The Morgan fingerprint density at radius 1 is 1.09 bits per heavy atom. The third-order valence-corrected chi connectivity index (χ3v) is 4.59. The first-order valence-corrected chi connectivity index (χ1v) is 8.04. The molecule has 0 radical (unpaired) electrons. The lowest BCUT2D eigenvalue weighted by molar-refractivity contribution is 0.225. The van der Waals surface area contributed by atoms with Crippen molar-refractivity contribution >= 4 is 27.2 Å². The maximum absolute atomic E-state index is 12.5. The molecule has 0 unspecified atom stereocenters. The standard InChI is InChI=1S/C17H13N3O2S/c1-11(22-12-7-3-2-4-8-12)15-19-20-16(21)13-9-5-6-10-14(13)18-17(20)23-15/h2-11H,1H3/t11-/m0/s1. The Bertz CT molecular complexity index is 1040. The Morgan fingerprint density at radius 3 is 2.65 bits per heavy atom. The number of hydrogen-bond donors (Lipinski definition) is 0. The van der Waals surface area contributed by atoms with Gasteiger partial charge in [0.05, 0.1) is 10.9 Å². The molecule has 0 amide bonds. The molecule has 0 saturated heterocycles. The highest BCUT2D eigenvalue weighted by Gasteiger charge is 2.16. The smallest absolute Gasteiger partial charge is 0.283 e. The van der Waals surface area contributed by atoms with Crippen LogP contribution in [0.4, 0.5) is 0 Å². The maximum atomic E-state index is 12.5. The zero-order chi connectivity index (χ0) is 15.8. The quantitative estimate of drug-likeness (QED) is 0.579. The van der Waals surface area contributed by atoms with Crippen LogP contribution >= 0.6 is 11.3 Å². The number of benzene rings is 2. The van der Waals surface area contributed by atoms with E-state index in [2.05, 4.69) is 10.1 Å². The number of nitrogens with zero attached hydrogens (tertiary/aromatic N) is 3. The number of hydrogen-bond acceptors (Lipinski definition) is 5. The van der Waals surface area contributed by atoms with E-state index in [1.54, 1.807) is 6.07 Å². The summed E-state index contributed by atoms with van der Waals surface area (Å²) in [6.07, 6.45) is -0.258. The first-order valence-electron chi connectivity index (χ1n) is 7.22. The van der Waals surface area contributed by atoms with E-state index < -0.39 is 0 Å². The van der Waals surface area contributed by atoms with Crippen molar-refractivity contribution in [3.8, 4) is 5.75 Å². The van der Waals surface area contributed by atoms with Crippen LogP contribution in [0.2, 0.25) is 0 Å². The van der Waals surface area contributed by atoms with Crippen LogP contribution in [0.25, 0.3) is 15.9 Å². The van der Waals surface area contributed by atoms with E-state index >= 15 is 0 Å². The molecule has 5 nitrogen and oxygen atoms in total. The molecule has 4 aromatic rings. The molecular formula is C17H13N3O2S. The molecule has 6 heteroatoms. The molecule has 0 aliphatic rings. The fraction of sp³-hybridized carbons (Fsp3) is 0.118. The average molecular weight is 323 g/mol. The second-order valence-corrected chi connectivity index (χ2v) is 6.13. The van der Waals surface area contributed by atoms with Gasteiger partial charge < -0.3 is 4.74 Å². The van der Waals surface area contributed by atoms with Crippen molar-refractivity contribution in [1.82, 2.24) is 14.6 Å². The van der Waals surface area contributed by atoms with E-state index in [0.29, 0.717) is 20.9 Å². The molecule has 0 spiro atoms. The first-order chi connectivity index (χ1) is 11.2. The molecule has 0 aliphatic heterocycles. The molecule has 4 rings (SSSR count). The lowest BCUT2D eigenvalue weighted by atomic mass is 10.2. The van der Waals surface area contributed by atoms with Crippen molar-refractivity contribution in [2.45, 2.75) is 13.0 Å². The number of ether oxygens (including phenoxy) is 1. The van der Waals surface area contributed by atoms with E-state index in [1.807, 2.05) is 55.5 Å². The first kappa shape index (κ1) is 13.9. The fourth-order valence-corrected chi connectivity index (χ4v) is 3.27. The second-order valence-electron chi connectivity index (χ2n) is 5.14. The van der Waals surface area contributed by atoms with Crippen LogP contribution in [-0.2, 0) is 0 Å². The monoisotopic (exact) mass is 323 g/mol. The summed E-state index contributed by atoms with van der Waals surface area (Å²) in [5.74, 6) is 0.768. The number of rotatable bonds is 3. The molecule has 2 aromatic carbocycles. The van der Waals surface area contributed by atoms with Gasteiger partial charge in [0.25, 0.3) is 5.56 Å². The molecular weight excluding hydrogens is 310 g/mol. The molecule has 23 heavy (non-hydrogen) atoms. The highest BCUT2D eigenvalue weighted by Crippen LogP contribution is 2.25. The summed E-state index contributed by atoms with van der Waals surface area (Å²) in [5.41, 5.74) is 0.532. The lowest BCUT2D eigenvalue weighted by Gasteiger charge is -2.10. The molecule has 1 atom stereocenters. The largest absolute Gasteiger partial charge is 0.483 e. The van der Waals surface area contributed by atoms with Crippen LogP contribution in [0.5, 0.6) is 5.75 Å². The van der Waals surface area contributed by atoms with E-state index in [4.69, 9.17) is 4.74 Å². The van der Waals surface area contributed by atoms with Crippen molar-refractivity contribution in [3.63, 3.8) is 0 Å². The van der Waals surface area contributed by atoms with Gasteiger partial charge in [0, 0.05) is 0 Å². The summed E-state index contributed by atoms with van der Waals surface area (Å²) < 4.78 is 7.23. The third kappa shape index (κ3) is 2.47. The van der Waals surface area contributed by atoms with E-state index in [9.17, 15) is 4.79 Å². The van der Waals surface area contributed by atoms with Crippen LogP contribution in [0.3, 0.4) is 0 Å². The number of aromatic nitrogens is 3. The van der Waals surface area contributed by atoms with Gasteiger partial charge in [-0.25, -0.2) is 4.98 Å². The number of para-hydroxylation sites is 2. The van der Waals surface area contributed by atoms with Crippen molar-refractivity contribution in [1.29, 1.82) is 0 Å². The minimum Gasteiger partial charge on any atom is -0.483 e. The Hall–Kier alpha value is -2.73. The normalized spacial score (nSPS) is 12.6. The molecule has 0 N–H and O–H groups in total. The van der Waals surface area contributed by atoms with Gasteiger partial charge in [-0.1, -0.05) is 41.7 Å². The van der Waals surface area contributed by atoms with Gasteiger partial charge in [-0.05, 0) is 31.2 Å². The van der Waals surface area contributed by atoms with Crippen molar-refractivity contribution in [2.75, 3.05) is 0 Å². The molecule has 0 aliphatic carbocycles. The molecule has 0 bridgehead atoms. The minimum absolute atomic E-state index is 0.153. The molecule has 0 saturated carbocycles. The van der Waals surface area contributed by atoms with Crippen molar-refractivity contribution in [2.24, 2.45) is 0 Å². The van der Waals surface area contributed by atoms with Gasteiger partial charge in [0.2, 0.25) is 4.96 Å². The predicted molar refractivity (Wildman–Crippen MR) is 90.1 cm³/mol. The summed E-state index contributed by atoms with van der Waals surface area (Å²) in [5, 5.41) is 5.68. The summed E-state index contributed by atoms with van der Waals surface area (Å²) >= 11 is 1.37. The van der Waals surface area contributed by atoms with E-state index in [-0.39, 0.29) is 11.7 Å². The lowest BCUT2D eigenvalue weighted by Crippen LogP contribution is -2.15. The van der Waals surface area contributed by atoms with Crippen LogP contribution in [0.1, 0.15) is 18.0 Å². The SMILES string of the molecule is C[C@H](Oc1ccccc1)c1nn2c(=O)c3ccccc3nc2s1. The van der Waals surface area contributed by atoms with Crippen molar-refractivity contribution in [3.05, 3.63) is 70.0 Å². The maximum Gasteiger partial charge on any atom is 0.283 e. The summed E-state index contributed by atoms with van der Waals surface area (Å²) in [6, 6.07) is 16.8. The Balaban J connectivity index is 1.78. The third-order valence-electron chi connectivity index (χ3n) is 3.52. The highest BCUT2D eigenvalue weighted by atomic mass is 32.1. The minimum atomic E-state index is -0.258. The van der Waals surface area contributed by atoms with Gasteiger partial charge in [-0.2, -0.15) is 9.61 Å². The number of fused-ring (bicyclic) bond motifs is 2. The topological polar surface area (TPSA) is 56.5 Å². The van der Waals surface area contributed by atoms with Gasteiger partial charge in [-0.3, -0.25) is 4.79 Å². The van der Waals surface area contributed by atoms with Crippen LogP contribution in [0, 0.1) is 0 Å². The van der Waals surface area contributed by atoms with E-state index in [0.717, 1.165) is 5.75 Å². The Kier molecular flexibility index (Phi) is 3.31. The van der Waals surface area contributed by atoms with Crippen LogP contribution in [-0.4, -0.2) is 14.6 Å². The summed E-state index contributed by atoms with van der Waals surface area (Å²) in [7, 11) is 0. The fourth-order valence-electron chi connectivity index (χ4n) is 2.39. The molecule has 114 valence electrons.